The number of hydrogen-bond donors (Lipinski definition) is 0. The van der Waals surface area contributed by atoms with Crippen molar-refractivity contribution in [3.63, 3.8) is 0 Å². The van der Waals surface area contributed by atoms with Crippen LogP contribution < -0.4 is 0 Å². The SMILES string of the molecule is CC[C@@H](C)c1ccc(S(=O)(=O)N2CCN(C(=O)C3CCC3)CC2)cc1. The predicted octanol–water partition coefficient (Wildman–Crippen LogP) is 2.83. The highest BCUT2D eigenvalue weighted by Crippen LogP contribution is 2.29. The molecule has 1 saturated heterocycles. The van der Waals surface area contributed by atoms with Crippen LogP contribution in [0.4, 0.5) is 0 Å². The number of rotatable bonds is 5. The van der Waals surface area contributed by atoms with E-state index in [1.54, 1.807) is 12.1 Å². The van der Waals surface area contributed by atoms with Gasteiger partial charge in [0.25, 0.3) is 0 Å². The third kappa shape index (κ3) is 3.75. The number of hydrogen-bond acceptors (Lipinski definition) is 3. The molecule has 1 aromatic rings. The number of carbonyl (C=O) groups is 1. The van der Waals surface area contributed by atoms with Gasteiger partial charge in [0.15, 0.2) is 0 Å². The number of amides is 1. The van der Waals surface area contributed by atoms with Gasteiger partial charge in [-0.05, 0) is 42.9 Å². The molecule has 2 fully saturated rings. The summed E-state index contributed by atoms with van der Waals surface area (Å²) in [5.41, 5.74) is 1.16. The van der Waals surface area contributed by atoms with Crippen molar-refractivity contribution < 1.29 is 13.2 Å². The lowest BCUT2D eigenvalue weighted by atomic mass is 9.84. The van der Waals surface area contributed by atoms with E-state index in [-0.39, 0.29) is 11.8 Å². The van der Waals surface area contributed by atoms with Crippen LogP contribution in [-0.4, -0.2) is 49.7 Å². The molecule has 1 aromatic carbocycles. The molecular formula is C19H28N2O3S. The van der Waals surface area contributed by atoms with Crippen molar-refractivity contribution in [1.82, 2.24) is 9.21 Å². The van der Waals surface area contributed by atoms with Gasteiger partial charge in [-0.3, -0.25) is 4.79 Å². The highest BCUT2D eigenvalue weighted by Gasteiger charge is 2.34. The maximum Gasteiger partial charge on any atom is 0.243 e. The van der Waals surface area contributed by atoms with Crippen LogP contribution in [0.1, 0.15) is 51.0 Å². The van der Waals surface area contributed by atoms with Crippen molar-refractivity contribution >= 4 is 15.9 Å². The lowest BCUT2D eigenvalue weighted by molar-refractivity contribution is -0.139. The topological polar surface area (TPSA) is 57.7 Å². The summed E-state index contributed by atoms with van der Waals surface area (Å²) in [5, 5.41) is 0. The minimum Gasteiger partial charge on any atom is -0.340 e. The Balaban J connectivity index is 1.64. The second-order valence-electron chi connectivity index (χ2n) is 7.24. The number of nitrogens with zero attached hydrogens (tertiary/aromatic N) is 2. The molecule has 2 aliphatic rings. The quantitative estimate of drug-likeness (QED) is 0.807. The van der Waals surface area contributed by atoms with Crippen LogP contribution in [0.5, 0.6) is 0 Å². The summed E-state index contributed by atoms with van der Waals surface area (Å²) in [5.74, 6) is 0.815. The number of piperazine rings is 1. The fourth-order valence-corrected chi connectivity index (χ4v) is 4.84. The summed E-state index contributed by atoms with van der Waals surface area (Å²) in [6.45, 7) is 6.03. The molecule has 0 bridgehead atoms. The van der Waals surface area contributed by atoms with E-state index in [2.05, 4.69) is 13.8 Å². The van der Waals surface area contributed by atoms with E-state index in [1.807, 2.05) is 17.0 Å². The Bertz CT molecular complexity index is 703. The minimum atomic E-state index is -3.48. The van der Waals surface area contributed by atoms with E-state index < -0.39 is 10.0 Å². The summed E-state index contributed by atoms with van der Waals surface area (Å²) in [4.78, 5) is 14.5. The molecule has 1 aliphatic heterocycles. The number of sulfonamides is 1. The smallest absolute Gasteiger partial charge is 0.243 e. The maximum atomic E-state index is 12.8. The lowest BCUT2D eigenvalue weighted by Gasteiger charge is -2.37. The zero-order valence-corrected chi connectivity index (χ0v) is 16.0. The molecule has 6 heteroatoms. The summed E-state index contributed by atoms with van der Waals surface area (Å²) in [6.07, 6.45) is 4.14. The van der Waals surface area contributed by atoms with Gasteiger partial charge < -0.3 is 4.90 Å². The van der Waals surface area contributed by atoms with Gasteiger partial charge in [0, 0.05) is 32.1 Å². The fraction of sp³-hybridized carbons (Fsp3) is 0.632. The van der Waals surface area contributed by atoms with Crippen molar-refractivity contribution in [3.8, 4) is 0 Å². The molecule has 3 rings (SSSR count). The van der Waals surface area contributed by atoms with Gasteiger partial charge >= 0.3 is 0 Å². The molecule has 25 heavy (non-hydrogen) atoms. The zero-order valence-electron chi connectivity index (χ0n) is 15.1. The van der Waals surface area contributed by atoms with Crippen molar-refractivity contribution in [2.24, 2.45) is 5.92 Å². The summed E-state index contributed by atoms with van der Waals surface area (Å²) < 4.78 is 27.2. The molecule has 1 heterocycles. The monoisotopic (exact) mass is 364 g/mol. The first-order valence-corrected chi connectivity index (χ1v) is 10.8. The van der Waals surface area contributed by atoms with Gasteiger partial charge in [0.2, 0.25) is 15.9 Å². The largest absolute Gasteiger partial charge is 0.340 e. The standard InChI is InChI=1S/C19H28N2O3S/c1-3-15(2)16-7-9-18(10-8-16)25(23,24)21-13-11-20(12-14-21)19(22)17-5-4-6-17/h7-10,15,17H,3-6,11-14H2,1-2H3/t15-/m1/s1. The summed E-state index contributed by atoms with van der Waals surface area (Å²) in [6, 6.07) is 7.25. The van der Waals surface area contributed by atoms with Crippen LogP contribution >= 0.6 is 0 Å². The predicted molar refractivity (Wildman–Crippen MR) is 97.8 cm³/mol. The molecule has 1 saturated carbocycles. The first-order chi connectivity index (χ1) is 11.9. The molecule has 0 radical (unpaired) electrons. The van der Waals surface area contributed by atoms with Crippen LogP contribution in [0.3, 0.4) is 0 Å². The average Bonchev–Trinajstić information content (AvgIpc) is 2.59. The van der Waals surface area contributed by atoms with Crippen molar-refractivity contribution in [1.29, 1.82) is 0 Å². The average molecular weight is 365 g/mol. The first-order valence-electron chi connectivity index (χ1n) is 9.32. The molecule has 0 unspecified atom stereocenters. The molecule has 0 aromatic heterocycles. The summed E-state index contributed by atoms with van der Waals surface area (Å²) >= 11 is 0. The Morgan fingerprint density at radius 3 is 2.20 bits per heavy atom. The molecule has 0 N–H and O–H groups in total. The van der Waals surface area contributed by atoms with E-state index in [0.29, 0.717) is 37.0 Å². The van der Waals surface area contributed by atoms with Crippen molar-refractivity contribution in [3.05, 3.63) is 29.8 Å². The van der Waals surface area contributed by atoms with Crippen LogP contribution in [0, 0.1) is 5.92 Å². The van der Waals surface area contributed by atoms with Gasteiger partial charge in [-0.15, -0.1) is 0 Å². The first kappa shape index (κ1) is 18.4. The Hall–Kier alpha value is -1.40. The van der Waals surface area contributed by atoms with Crippen LogP contribution in [0.2, 0.25) is 0 Å². The molecule has 0 spiro atoms. The van der Waals surface area contributed by atoms with Gasteiger partial charge in [-0.25, -0.2) is 8.42 Å². The van der Waals surface area contributed by atoms with Gasteiger partial charge in [-0.1, -0.05) is 32.4 Å². The van der Waals surface area contributed by atoms with E-state index >= 15 is 0 Å². The molecule has 138 valence electrons. The van der Waals surface area contributed by atoms with E-state index in [1.165, 1.54) is 4.31 Å². The molecule has 5 nitrogen and oxygen atoms in total. The summed E-state index contributed by atoms with van der Waals surface area (Å²) in [7, 11) is -3.48. The van der Waals surface area contributed by atoms with Crippen molar-refractivity contribution in [2.45, 2.75) is 50.3 Å². The Labute approximate surface area is 151 Å². The fourth-order valence-electron chi connectivity index (χ4n) is 3.42. The highest BCUT2D eigenvalue weighted by atomic mass is 32.2. The number of carbonyl (C=O) groups excluding carboxylic acids is 1. The van der Waals surface area contributed by atoms with Gasteiger partial charge in [-0.2, -0.15) is 4.31 Å². The van der Waals surface area contributed by atoms with E-state index in [0.717, 1.165) is 31.2 Å². The van der Waals surface area contributed by atoms with Crippen LogP contribution in [0.15, 0.2) is 29.2 Å². The third-order valence-electron chi connectivity index (χ3n) is 5.70. The van der Waals surface area contributed by atoms with Crippen LogP contribution in [-0.2, 0) is 14.8 Å². The second-order valence-corrected chi connectivity index (χ2v) is 9.17. The second kappa shape index (κ2) is 7.46. The van der Waals surface area contributed by atoms with E-state index in [4.69, 9.17) is 0 Å². The Morgan fingerprint density at radius 2 is 1.72 bits per heavy atom. The lowest BCUT2D eigenvalue weighted by Crippen LogP contribution is -2.52. The van der Waals surface area contributed by atoms with E-state index in [9.17, 15) is 13.2 Å². The normalized spacial score (nSPS) is 21.0. The van der Waals surface area contributed by atoms with Crippen molar-refractivity contribution in [2.75, 3.05) is 26.2 Å². The molecular weight excluding hydrogens is 336 g/mol. The maximum absolute atomic E-state index is 12.8. The molecule has 1 aliphatic carbocycles. The van der Waals surface area contributed by atoms with Crippen LogP contribution in [0.25, 0.3) is 0 Å². The number of benzene rings is 1. The highest BCUT2D eigenvalue weighted by molar-refractivity contribution is 7.89. The Kier molecular flexibility index (Phi) is 5.49. The van der Waals surface area contributed by atoms with Gasteiger partial charge in [0.1, 0.15) is 0 Å². The molecule has 1 amide bonds. The Morgan fingerprint density at radius 1 is 1.12 bits per heavy atom. The zero-order chi connectivity index (χ0) is 18.0. The van der Waals surface area contributed by atoms with Gasteiger partial charge in [0.05, 0.1) is 4.90 Å². The third-order valence-corrected chi connectivity index (χ3v) is 7.62. The minimum absolute atomic E-state index is 0.177. The molecule has 1 atom stereocenters.